The van der Waals surface area contributed by atoms with E-state index >= 15 is 0 Å². The molecule has 5 nitrogen and oxygen atoms in total. The van der Waals surface area contributed by atoms with Crippen molar-refractivity contribution in [2.45, 2.75) is 20.3 Å². The first-order valence-corrected chi connectivity index (χ1v) is 8.47. The third-order valence-corrected chi connectivity index (χ3v) is 3.98. The molecule has 3 N–H and O–H groups in total. The molecule has 0 radical (unpaired) electrons. The summed E-state index contributed by atoms with van der Waals surface area (Å²) in [5.74, 6) is 2.45. The summed E-state index contributed by atoms with van der Waals surface area (Å²) in [5.41, 5.74) is 8.78. The number of ether oxygens (including phenoxy) is 1. The third kappa shape index (κ3) is 6.54. The standard InChI is InChI=1S/C17H26N4OS/c1-13-9-14(2)12-21(11-13)7-8-22-16-5-3-15(4-6-16)10-19-20-17(18)23/h3-6,10,13-14H,7-9,11-12H2,1-2H3,(H3,18,20,23). The third-order valence-electron chi connectivity index (χ3n) is 3.89. The molecule has 126 valence electrons. The molecular weight excluding hydrogens is 308 g/mol. The van der Waals surface area contributed by atoms with Crippen molar-refractivity contribution in [1.29, 1.82) is 0 Å². The van der Waals surface area contributed by atoms with E-state index < -0.39 is 0 Å². The minimum atomic E-state index is 0.155. The molecule has 6 heteroatoms. The maximum Gasteiger partial charge on any atom is 0.184 e. The Labute approximate surface area is 143 Å². The normalized spacial score (nSPS) is 22.2. The molecule has 1 aliphatic rings. The maximum atomic E-state index is 5.83. The van der Waals surface area contributed by atoms with E-state index in [4.69, 9.17) is 10.5 Å². The van der Waals surface area contributed by atoms with Crippen LogP contribution in [-0.2, 0) is 0 Å². The topological polar surface area (TPSA) is 62.9 Å². The van der Waals surface area contributed by atoms with Gasteiger partial charge >= 0.3 is 0 Å². The molecule has 0 spiro atoms. The molecule has 0 aliphatic carbocycles. The highest BCUT2D eigenvalue weighted by molar-refractivity contribution is 7.80. The van der Waals surface area contributed by atoms with Crippen molar-refractivity contribution in [3.8, 4) is 5.75 Å². The Kier molecular flexibility index (Phi) is 6.80. The summed E-state index contributed by atoms with van der Waals surface area (Å²) in [4.78, 5) is 2.50. The van der Waals surface area contributed by atoms with Gasteiger partial charge in [0.15, 0.2) is 5.11 Å². The molecule has 0 aromatic heterocycles. The summed E-state index contributed by atoms with van der Waals surface area (Å²) in [6.45, 7) is 8.72. The second-order valence-electron chi connectivity index (χ2n) is 6.36. The van der Waals surface area contributed by atoms with Gasteiger partial charge in [0, 0.05) is 19.6 Å². The van der Waals surface area contributed by atoms with Gasteiger partial charge in [-0.25, -0.2) is 0 Å². The van der Waals surface area contributed by atoms with E-state index in [0.29, 0.717) is 0 Å². The largest absolute Gasteiger partial charge is 0.492 e. The van der Waals surface area contributed by atoms with E-state index in [2.05, 4.69) is 41.5 Å². The average Bonchev–Trinajstić information content (AvgIpc) is 2.47. The molecule has 1 aromatic carbocycles. The first kappa shape index (κ1) is 17.7. The van der Waals surface area contributed by atoms with Gasteiger partial charge < -0.3 is 10.5 Å². The lowest BCUT2D eigenvalue weighted by molar-refractivity contribution is 0.120. The van der Waals surface area contributed by atoms with Crippen LogP contribution in [0.25, 0.3) is 0 Å². The van der Waals surface area contributed by atoms with Gasteiger partial charge in [-0.05, 0) is 60.3 Å². The van der Waals surface area contributed by atoms with Crippen LogP contribution in [0, 0.1) is 11.8 Å². The zero-order valence-corrected chi connectivity index (χ0v) is 14.7. The predicted molar refractivity (Wildman–Crippen MR) is 98.8 cm³/mol. The number of hydrogen-bond donors (Lipinski definition) is 2. The van der Waals surface area contributed by atoms with Crippen LogP contribution in [0.2, 0.25) is 0 Å². The van der Waals surface area contributed by atoms with E-state index in [0.717, 1.165) is 36.3 Å². The number of rotatable bonds is 6. The van der Waals surface area contributed by atoms with Gasteiger partial charge in [0.2, 0.25) is 0 Å². The second kappa shape index (κ2) is 8.84. The number of likely N-dealkylation sites (tertiary alicyclic amines) is 1. The number of nitrogens with one attached hydrogen (secondary N) is 1. The highest BCUT2D eigenvalue weighted by atomic mass is 32.1. The summed E-state index contributed by atoms with van der Waals surface area (Å²) in [7, 11) is 0. The molecule has 0 bridgehead atoms. The lowest BCUT2D eigenvalue weighted by Crippen LogP contribution is -2.40. The fourth-order valence-electron chi connectivity index (χ4n) is 3.09. The predicted octanol–water partition coefficient (Wildman–Crippen LogP) is 2.21. The van der Waals surface area contributed by atoms with Crippen LogP contribution in [0.4, 0.5) is 0 Å². The van der Waals surface area contributed by atoms with Crippen molar-refractivity contribution in [1.82, 2.24) is 10.3 Å². The van der Waals surface area contributed by atoms with Gasteiger partial charge in [-0.3, -0.25) is 10.3 Å². The molecule has 23 heavy (non-hydrogen) atoms. The van der Waals surface area contributed by atoms with Crippen molar-refractivity contribution in [2.24, 2.45) is 22.7 Å². The number of hydrazone groups is 1. The fourth-order valence-corrected chi connectivity index (χ4v) is 3.14. The maximum absolute atomic E-state index is 5.83. The summed E-state index contributed by atoms with van der Waals surface area (Å²) in [5, 5.41) is 4.07. The summed E-state index contributed by atoms with van der Waals surface area (Å²) < 4.78 is 5.83. The number of hydrogen-bond acceptors (Lipinski definition) is 4. The van der Waals surface area contributed by atoms with Crippen LogP contribution in [0.1, 0.15) is 25.8 Å². The molecule has 0 amide bonds. The summed E-state index contributed by atoms with van der Waals surface area (Å²) >= 11 is 4.68. The van der Waals surface area contributed by atoms with Crippen LogP contribution in [-0.4, -0.2) is 42.5 Å². The van der Waals surface area contributed by atoms with Gasteiger partial charge in [-0.1, -0.05) is 13.8 Å². The highest BCUT2D eigenvalue weighted by Crippen LogP contribution is 2.20. The van der Waals surface area contributed by atoms with Crippen molar-refractivity contribution < 1.29 is 4.74 Å². The molecule has 1 saturated heterocycles. The van der Waals surface area contributed by atoms with Crippen molar-refractivity contribution in [2.75, 3.05) is 26.2 Å². The molecule has 1 aromatic rings. The van der Waals surface area contributed by atoms with E-state index in [1.807, 2.05) is 24.3 Å². The quantitative estimate of drug-likeness (QED) is 0.474. The van der Waals surface area contributed by atoms with Gasteiger partial charge in [0.05, 0.1) is 6.21 Å². The molecule has 2 atom stereocenters. The molecule has 1 aliphatic heterocycles. The number of thiocarbonyl (C=S) groups is 1. The lowest BCUT2D eigenvalue weighted by Gasteiger charge is -2.34. The SMILES string of the molecule is CC1CC(C)CN(CCOc2ccc(C=NNC(N)=S)cc2)C1. The van der Waals surface area contributed by atoms with Crippen LogP contribution in [0.5, 0.6) is 5.75 Å². The van der Waals surface area contributed by atoms with Crippen molar-refractivity contribution >= 4 is 23.5 Å². The van der Waals surface area contributed by atoms with Crippen molar-refractivity contribution in [3.63, 3.8) is 0 Å². The molecular formula is C17H26N4OS. The van der Waals surface area contributed by atoms with Crippen LogP contribution in [0.15, 0.2) is 29.4 Å². The Hall–Kier alpha value is -1.66. The Bertz CT molecular complexity index is 522. The summed E-state index contributed by atoms with van der Waals surface area (Å²) in [6.07, 6.45) is 3.00. The van der Waals surface area contributed by atoms with Gasteiger partial charge in [0.1, 0.15) is 12.4 Å². The van der Waals surface area contributed by atoms with E-state index in [-0.39, 0.29) is 5.11 Å². The fraction of sp³-hybridized carbons (Fsp3) is 0.529. The van der Waals surface area contributed by atoms with Crippen molar-refractivity contribution in [3.05, 3.63) is 29.8 Å². The zero-order valence-electron chi connectivity index (χ0n) is 13.9. The Morgan fingerprint density at radius 2 is 2.00 bits per heavy atom. The number of benzene rings is 1. The first-order chi connectivity index (χ1) is 11.0. The second-order valence-corrected chi connectivity index (χ2v) is 6.80. The monoisotopic (exact) mass is 334 g/mol. The van der Waals surface area contributed by atoms with E-state index in [9.17, 15) is 0 Å². The Balaban J connectivity index is 1.73. The lowest BCUT2D eigenvalue weighted by atomic mass is 9.92. The number of nitrogens with two attached hydrogens (primary N) is 1. The smallest absolute Gasteiger partial charge is 0.184 e. The molecule has 0 saturated carbocycles. The van der Waals surface area contributed by atoms with Crippen LogP contribution in [0.3, 0.4) is 0 Å². The molecule has 2 unspecified atom stereocenters. The van der Waals surface area contributed by atoms with E-state index in [1.54, 1.807) is 6.21 Å². The molecule has 2 rings (SSSR count). The van der Waals surface area contributed by atoms with Crippen LogP contribution >= 0.6 is 12.2 Å². The zero-order chi connectivity index (χ0) is 16.7. The Morgan fingerprint density at radius 1 is 1.35 bits per heavy atom. The molecule has 1 fully saturated rings. The average molecular weight is 334 g/mol. The van der Waals surface area contributed by atoms with Crippen LogP contribution < -0.4 is 15.9 Å². The number of piperidine rings is 1. The van der Waals surface area contributed by atoms with Gasteiger partial charge in [0.25, 0.3) is 0 Å². The minimum absolute atomic E-state index is 0.155. The summed E-state index contributed by atoms with van der Waals surface area (Å²) in [6, 6.07) is 7.80. The van der Waals surface area contributed by atoms with Gasteiger partial charge in [-0.2, -0.15) is 5.10 Å². The first-order valence-electron chi connectivity index (χ1n) is 8.06. The van der Waals surface area contributed by atoms with E-state index in [1.165, 1.54) is 19.5 Å². The van der Waals surface area contributed by atoms with Gasteiger partial charge in [-0.15, -0.1) is 0 Å². The number of nitrogens with zero attached hydrogens (tertiary/aromatic N) is 2. The molecule has 1 heterocycles. The minimum Gasteiger partial charge on any atom is -0.492 e. The highest BCUT2D eigenvalue weighted by Gasteiger charge is 2.21. The Morgan fingerprint density at radius 3 is 2.61 bits per heavy atom.